The van der Waals surface area contributed by atoms with Crippen LogP contribution in [0.1, 0.15) is 43.0 Å². The molecule has 0 radical (unpaired) electrons. The molecule has 0 atom stereocenters. The van der Waals surface area contributed by atoms with Crippen LogP contribution in [-0.4, -0.2) is 46.3 Å². The molecule has 1 saturated carbocycles. The molecule has 3 rings (SSSR count). The predicted molar refractivity (Wildman–Crippen MR) is 117 cm³/mol. The summed E-state index contributed by atoms with van der Waals surface area (Å²) in [6, 6.07) is 9.96. The molecule has 1 aliphatic carbocycles. The van der Waals surface area contributed by atoms with E-state index in [1.165, 1.54) is 6.08 Å². The van der Waals surface area contributed by atoms with Crippen molar-refractivity contribution >= 4 is 29.6 Å². The second-order valence-electron chi connectivity index (χ2n) is 7.55. The van der Waals surface area contributed by atoms with Crippen molar-refractivity contribution in [2.45, 2.75) is 39.7 Å². The van der Waals surface area contributed by atoms with Crippen molar-refractivity contribution in [3.8, 4) is 0 Å². The number of esters is 1. The standard InChI is InChI=1S/C23H28ClN3O3/c1-3-30-22(29)13-14-26(15-19-9-10-19)21(28)12-11-20-17(2)25-27(23(20)24)16-18-7-5-4-6-8-18/h4-8,11-12,19H,3,9-10,13-16H2,1-2H3/b12-11+. The van der Waals surface area contributed by atoms with Crippen LogP contribution < -0.4 is 0 Å². The Hall–Kier alpha value is -2.60. The smallest absolute Gasteiger partial charge is 0.307 e. The molecule has 1 fully saturated rings. The Kier molecular flexibility index (Phi) is 7.69. The normalized spacial score (nSPS) is 13.6. The molecule has 0 aliphatic heterocycles. The number of benzene rings is 1. The van der Waals surface area contributed by atoms with Crippen LogP contribution in [0.4, 0.5) is 0 Å². The van der Waals surface area contributed by atoms with Gasteiger partial charge in [0.1, 0.15) is 5.15 Å². The number of carbonyl (C=O) groups excluding carboxylic acids is 2. The number of hydrogen-bond donors (Lipinski definition) is 0. The van der Waals surface area contributed by atoms with Crippen molar-refractivity contribution < 1.29 is 14.3 Å². The molecule has 30 heavy (non-hydrogen) atoms. The Morgan fingerprint density at radius 3 is 2.70 bits per heavy atom. The van der Waals surface area contributed by atoms with Gasteiger partial charge in [0.2, 0.25) is 5.91 Å². The minimum absolute atomic E-state index is 0.127. The Labute approximate surface area is 182 Å². The van der Waals surface area contributed by atoms with Gasteiger partial charge < -0.3 is 9.64 Å². The second-order valence-corrected chi connectivity index (χ2v) is 7.91. The molecule has 0 bridgehead atoms. The lowest BCUT2D eigenvalue weighted by Gasteiger charge is -2.20. The van der Waals surface area contributed by atoms with E-state index in [9.17, 15) is 9.59 Å². The topological polar surface area (TPSA) is 64.4 Å². The van der Waals surface area contributed by atoms with Gasteiger partial charge in [-0.3, -0.25) is 9.59 Å². The Morgan fingerprint density at radius 1 is 1.30 bits per heavy atom. The number of hydrogen-bond acceptors (Lipinski definition) is 4. The van der Waals surface area contributed by atoms with E-state index in [1.807, 2.05) is 37.3 Å². The first-order valence-electron chi connectivity index (χ1n) is 10.4. The van der Waals surface area contributed by atoms with Crippen LogP contribution in [0.15, 0.2) is 36.4 Å². The van der Waals surface area contributed by atoms with Crippen LogP contribution in [0.25, 0.3) is 6.08 Å². The average Bonchev–Trinajstić information content (AvgIpc) is 3.51. The van der Waals surface area contributed by atoms with Crippen LogP contribution in [-0.2, 0) is 20.9 Å². The third kappa shape index (κ3) is 6.20. The zero-order chi connectivity index (χ0) is 21.5. The van der Waals surface area contributed by atoms with Crippen LogP contribution >= 0.6 is 11.6 Å². The van der Waals surface area contributed by atoms with E-state index >= 15 is 0 Å². The monoisotopic (exact) mass is 429 g/mol. The van der Waals surface area contributed by atoms with E-state index in [1.54, 1.807) is 22.6 Å². The van der Waals surface area contributed by atoms with Gasteiger partial charge in [0.15, 0.2) is 0 Å². The first kappa shape index (κ1) is 22.1. The van der Waals surface area contributed by atoms with Gasteiger partial charge in [-0.15, -0.1) is 0 Å². The fourth-order valence-corrected chi connectivity index (χ4v) is 3.54. The van der Waals surface area contributed by atoms with Gasteiger partial charge in [-0.25, -0.2) is 4.68 Å². The van der Waals surface area contributed by atoms with Crippen molar-refractivity contribution in [3.63, 3.8) is 0 Å². The number of aryl methyl sites for hydroxylation is 1. The summed E-state index contributed by atoms with van der Waals surface area (Å²) in [5.41, 5.74) is 2.60. The van der Waals surface area contributed by atoms with Gasteiger partial charge >= 0.3 is 5.97 Å². The second kappa shape index (κ2) is 10.4. The van der Waals surface area contributed by atoms with Crippen LogP contribution in [0.3, 0.4) is 0 Å². The summed E-state index contributed by atoms with van der Waals surface area (Å²) in [6.45, 7) is 5.59. The van der Waals surface area contributed by atoms with E-state index in [-0.39, 0.29) is 18.3 Å². The number of rotatable bonds is 10. The van der Waals surface area contributed by atoms with E-state index in [0.29, 0.717) is 37.3 Å². The van der Waals surface area contributed by atoms with Crippen molar-refractivity contribution in [1.82, 2.24) is 14.7 Å². The third-order valence-electron chi connectivity index (χ3n) is 5.06. The van der Waals surface area contributed by atoms with Gasteiger partial charge in [-0.2, -0.15) is 5.10 Å². The van der Waals surface area contributed by atoms with Gasteiger partial charge in [-0.05, 0) is 44.2 Å². The highest BCUT2D eigenvalue weighted by Crippen LogP contribution is 2.30. The maximum atomic E-state index is 12.8. The largest absolute Gasteiger partial charge is 0.466 e. The van der Waals surface area contributed by atoms with Gasteiger partial charge in [-0.1, -0.05) is 41.9 Å². The molecule has 0 saturated heterocycles. The average molecular weight is 430 g/mol. The third-order valence-corrected chi connectivity index (χ3v) is 5.45. The van der Waals surface area contributed by atoms with Crippen molar-refractivity contribution in [3.05, 3.63) is 58.4 Å². The van der Waals surface area contributed by atoms with E-state index in [4.69, 9.17) is 16.3 Å². The molecule has 0 spiro atoms. The zero-order valence-corrected chi connectivity index (χ0v) is 18.3. The summed E-state index contributed by atoms with van der Waals surface area (Å²) in [4.78, 5) is 26.2. The first-order chi connectivity index (χ1) is 14.5. The number of carbonyl (C=O) groups is 2. The van der Waals surface area contributed by atoms with Gasteiger partial charge in [0.05, 0.1) is 25.3 Å². The fourth-order valence-electron chi connectivity index (χ4n) is 3.24. The summed E-state index contributed by atoms with van der Waals surface area (Å²) in [7, 11) is 0. The summed E-state index contributed by atoms with van der Waals surface area (Å²) in [5.74, 6) is 0.122. The number of halogens is 1. The molecule has 2 aromatic rings. The van der Waals surface area contributed by atoms with Gasteiger partial charge in [0, 0.05) is 24.7 Å². The van der Waals surface area contributed by atoms with E-state index in [0.717, 1.165) is 29.7 Å². The molecule has 1 heterocycles. The molecule has 1 amide bonds. The SMILES string of the molecule is CCOC(=O)CCN(CC1CC1)C(=O)/C=C/c1c(C)nn(Cc2ccccc2)c1Cl. The van der Waals surface area contributed by atoms with Crippen molar-refractivity contribution in [2.24, 2.45) is 5.92 Å². The Bertz CT molecular complexity index is 904. The molecule has 7 heteroatoms. The summed E-state index contributed by atoms with van der Waals surface area (Å²) in [6.07, 6.45) is 5.71. The quantitative estimate of drug-likeness (QED) is 0.421. The highest BCUT2D eigenvalue weighted by Gasteiger charge is 2.26. The van der Waals surface area contributed by atoms with Crippen LogP contribution in [0, 0.1) is 12.8 Å². The zero-order valence-electron chi connectivity index (χ0n) is 17.5. The number of amides is 1. The molecule has 0 N–H and O–H groups in total. The lowest BCUT2D eigenvalue weighted by Crippen LogP contribution is -2.33. The summed E-state index contributed by atoms with van der Waals surface area (Å²) < 4.78 is 6.72. The molecular formula is C23H28ClN3O3. The lowest BCUT2D eigenvalue weighted by molar-refractivity contribution is -0.143. The number of nitrogens with zero attached hydrogens (tertiary/aromatic N) is 3. The predicted octanol–water partition coefficient (Wildman–Crippen LogP) is 4.10. The molecule has 160 valence electrons. The van der Waals surface area contributed by atoms with Crippen LogP contribution in [0.2, 0.25) is 5.15 Å². The first-order valence-corrected chi connectivity index (χ1v) is 10.7. The Balaban J connectivity index is 1.67. The molecule has 1 aliphatic rings. The molecule has 1 aromatic carbocycles. The summed E-state index contributed by atoms with van der Waals surface area (Å²) in [5, 5.41) is 5.01. The summed E-state index contributed by atoms with van der Waals surface area (Å²) >= 11 is 6.54. The van der Waals surface area contributed by atoms with Crippen molar-refractivity contribution in [1.29, 1.82) is 0 Å². The molecule has 0 unspecified atom stereocenters. The highest BCUT2D eigenvalue weighted by atomic mass is 35.5. The maximum Gasteiger partial charge on any atom is 0.307 e. The number of aromatic nitrogens is 2. The molecular weight excluding hydrogens is 402 g/mol. The number of ether oxygens (including phenoxy) is 1. The minimum atomic E-state index is -0.281. The minimum Gasteiger partial charge on any atom is -0.466 e. The van der Waals surface area contributed by atoms with E-state index < -0.39 is 0 Å². The fraction of sp³-hybridized carbons (Fsp3) is 0.435. The maximum absolute atomic E-state index is 12.8. The Morgan fingerprint density at radius 2 is 2.03 bits per heavy atom. The van der Waals surface area contributed by atoms with Gasteiger partial charge in [0.25, 0.3) is 0 Å². The lowest BCUT2D eigenvalue weighted by atomic mass is 10.2. The molecule has 6 nitrogen and oxygen atoms in total. The highest BCUT2D eigenvalue weighted by molar-refractivity contribution is 6.31. The van der Waals surface area contributed by atoms with Crippen molar-refractivity contribution in [2.75, 3.05) is 19.7 Å². The molecule has 1 aromatic heterocycles. The van der Waals surface area contributed by atoms with Crippen LogP contribution in [0.5, 0.6) is 0 Å². The van der Waals surface area contributed by atoms with E-state index in [2.05, 4.69) is 5.10 Å².